The standard InChI is InChI=1S/C16H17F3N2/c17-16(18,19)12-6-4-11(5-7-12)10-21-9-8-13-14(20)2-1-3-15(13)21/h4-9,14H,1-3,10,20H2. The Balaban J connectivity index is 1.81. The summed E-state index contributed by atoms with van der Waals surface area (Å²) in [5.74, 6) is 0. The Morgan fingerprint density at radius 1 is 1.14 bits per heavy atom. The molecular weight excluding hydrogens is 277 g/mol. The van der Waals surface area contributed by atoms with Gasteiger partial charge in [0.05, 0.1) is 5.56 Å². The highest BCUT2D eigenvalue weighted by atomic mass is 19.4. The fraction of sp³-hybridized carbons (Fsp3) is 0.375. The zero-order valence-corrected chi connectivity index (χ0v) is 11.5. The number of benzene rings is 1. The quantitative estimate of drug-likeness (QED) is 0.895. The van der Waals surface area contributed by atoms with Gasteiger partial charge in [-0.05, 0) is 48.6 Å². The molecule has 1 heterocycles. The SMILES string of the molecule is NC1CCCc2c1ccn2Cc1ccc(C(F)(F)F)cc1. The number of hydrogen-bond donors (Lipinski definition) is 1. The lowest BCUT2D eigenvalue weighted by atomic mass is 9.93. The van der Waals surface area contributed by atoms with E-state index >= 15 is 0 Å². The molecule has 0 saturated heterocycles. The molecule has 0 aliphatic heterocycles. The van der Waals surface area contributed by atoms with Crippen LogP contribution < -0.4 is 5.73 Å². The van der Waals surface area contributed by atoms with E-state index in [0.717, 1.165) is 37.0 Å². The summed E-state index contributed by atoms with van der Waals surface area (Å²) in [5.41, 5.74) is 8.73. The number of nitrogens with two attached hydrogens (primary N) is 1. The number of hydrogen-bond acceptors (Lipinski definition) is 1. The molecule has 1 aliphatic carbocycles. The fourth-order valence-electron chi connectivity index (χ4n) is 2.94. The van der Waals surface area contributed by atoms with Crippen LogP contribution in [0.15, 0.2) is 36.5 Å². The first-order valence-electron chi connectivity index (χ1n) is 7.05. The Kier molecular flexibility index (Phi) is 3.53. The highest BCUT2D eigenvalue weighted by molar-refractivity contribution is 5.30. The van der Waals surface area contributed by atoms with Crippen molar-refractivity contribution in [2.45, 2.75) is 38.0 Å². The number of fused-ring (bicyclic) bond motifs is 1. The van der Waals surface area contributed by atoms with E-state index in [0.29, 0.717) is 6.54 Å². The van der Waals surface area contributed by atoms with E-state index in [9.17, 15) is 13.2 Å². The third kappa shape index (κ3) is 2.83. The number of nitrogens with zero attached hydrogens (tertiary/aromatic N) is 1. The van der Waals surface area contributed by atoms with E-state index in [2.05, 4.69) is 4.57 Å². The lowest BCUT2D eigenvalue weighted by molar-refractivity contribution is -0.137. The predicted octanol–water partition coefficient (Wildman–Crippen LogP) is 3.89. The maximum absolute atomic E-state index is 12.5. The summed E-state index contributed by atoms with van der Waals surface area (Å²) in [4.78, 5) is 0. The summed E-state index contributed by atoms with van der Waals surface area (Å²) in [6, 6.07) is 7.47. The Morgan fingerprint density at radius 2 is 1.86 bits per heavy atom. The largest absolute Gasteiger partial charge is 0.416 e. The minimum atomic E-state index is -4.28. The zero-order chi connectivity index (χ0) is 15.0. The molecular formula is C16H17F3N2. The van der Waals surface area contributed by atoms with Gasteiger partial charge >= 0.3 is 6.18 Å². The van der Waals surface area contributed by atoms with Crippen LogP contribution in [-0.4, -0.2) is 4.57 Å². The average Bonchev–Trinajstić information content (AvgIpc) is 2.83. The van der Waals surface area contributed by atoms with Crippen LogP contribution >= 0.6 is 0 Å². The topological polar surface area (TPSA) is 30.9 Å². The number of aromatic nitrogens is 1. The zero-order valence-electron chi connectivity index (χ0n) is 11.5. The van der Waals surface area contributed by atoms with E-state index in [1.807, 2.05) is 12.3 Å². The summed E-state index contributed by atoms with van der Waals surface area (Å²) in [5, 5.41) is 0. The maximum atomic E-state index is 12.5. The van der Waals surface area contributed by atoms with Crippen molar-refractivity contribution < 1.29 is 13.2 Å². The van der Waals surface area contributed by atoms with E-state index in [-0.39, 0.29) is 6.04 Å². The molecule has 0 fully saturated rings. The van der Waals surface area contributed by atoms with Crippen LogP contribution in [0.5, 0.6) is 0 Å². The second-order valence-electron chi connectivity index (χ2n) is 5.54. The Morgan fingerprint density at radius 3 is 2.52 bits per heavy atom. The van der Waals surface area contributed by atoms with Crippen LogP contribution in [0, 0.1) is 0 Å². The molecule has 21 heavy (non-hydrogen) atoms. The van der Waals surface area contributed by atoms with Crippen molar-refractivity contribution in [3.05, 3.63) is 58.9 Å². The molecule has 0 amide bonds. The first-order valence-corrected chi connectivity index (χ1v) is 7.05. The molecule has 112 valence electrons. The van der Waals surface area contributed by atoms with Gasteiger partial charge in [-0.2, -0.15) is 13.2 Å². The van der Waals surface area contributed by atoms with Crippen molar-refractivity contribution in [3.8, 4) is 0 Å². The van der Waals surface area contributed by atoms with Gasteiger partial charge in [0, 0.05) is 24.5 Å². The van der Waals surface area contributed by atoms with E-state index in [1.165, 1.54) is 23.4 Å². The van der Waals surface area contributed by atoms with Crippen LogP contribution in [0.1, 0.15) is 41.3 Å². The summed E-state index contributed by atoms with van der Waals surface area (Å²) in [7, 11) is 0. The number of alkyl halides is 3. The Labute approximate surface area is 121 Å². The highest BCUT2D eigenvalue weighted by Crippen LogP contribution is 2.31. The van der Waals surface area contributed by atoms with Crippen molar-refractivity contribution in [1.82, 2.24) is 4.57 Å². The van der Waals surface area contributed by atoms with Gasteiger partial charge in [-0.15, -0.1) is 0 Å². The van der Waals surface area contributed by atoms with Crippen molar-refractivity contribution in [1.29, 1.82) is 0 Å². The summed E-state index contributed by atoms with van der Waals surface area (Å²) in [6.07, 6.45) is 0.741. The number of halogens is 3. The van der Waals surface area contributed by atoms with E-state index < -0.39 is 11.7 Å². The summed E-state index contributed by atoms with van der Waals surface area (Å²) in [6.45, 7) is 0.584. The fourth-order valence-corrected chi connectivity index (χ4v) is 2.94. The minimum absolute atomic E-state index is 0.0857. The Bertz CT molecular complexity index is 626. The first kappa shape index (κ1) is 14.2. The summed E-state index contributed by atoms with van der Waals surface area (Å²) < 4.78 is 39.7. The second-order valence-corrected chi connectivity index (χ2v) is 5.54. The normalized spacial score (nSPS) is 18.6. The van der Waals surface area contributed by atoms with Gasteiger partial charge in [0.1, 0.15) is 0 Å². The molecule has 1 unspecified atom stereocenters. The van der Waals surface area contributed by atoms with Crippen LogP contribution in [0.4, 0.5) is 13.2 Å². The molecule has 0 bridgehead atoms. The summed E-state index contributed by atoms with van der Waals surface area (Å²) >= 11 is 0. The van der Waals surface area contributed by atoms with Gasteiger partial charge in [-0.3, -0.25) is 0 Å². The van der Waals surface area contributed by atoms with E-state index in [4.69, 9.17) is 5.73 Å². The molecule has 0 saturated carbocycles. The molecule has 1 aromatic heterocycles. The number of rotatable bonds is 2. The Hall–Kier alpha value is -1.75. The molecule has 2 N–H and O–H groups in total. The van der Waals surface area contributed by atoms with Gasteiger partial charge in [-0.25, -0.2) is 0 Å². The van der Waals surface area contributed by atoms with Crippen LogP contribution in [-0.2, 0) is 19.1 Å². The monoisotopic (exact) mass is 294 g/mol. The molecule has 2 nitrogen and oxygen atoms in total. The highest BCUT2D eigenvalue weighted by Gasteiger charge is 2.30. The molecule has 1 aliphatic rings. The van der Waals surface area contributed by atoms with Crippen molar-refractivity contribution in [2.24, 2.45) is 5.73 Å². The maximum Gasteiger partial charge on any atom is 0.416 e. The van der Waals surface area contributed by atoms with Crippen molar-refractivity contribution >= 4 is 0 Å². The van der Waals surface area contributed by atoms with Gasteiger partial charge in [-0.1, -0.05) is 12.1 Å². The lowest BCUT2D eigenvalue weighted by Gasteiger charge is -2.21. The molecule has 0 radical (unpaired) electrons. The van der Waals surface area contributed by atoms with E-state index in [1.54, 1.807) is 0 Å². The second kappa shape index (κ2) is 5.22. The minimum Gasteiger partial charge on any atom is -0.347 e. The van der Waals surface area contributed by atoms with Gasteiger partial charge in [0.2, 0.25) is 0 Å². The lowest BCUT2D eigenvalue weighted by Crippen LogP contribution is -2.18. The van der Waals surface area contributed by atoms with Gasteiger partial charge in [0.25, 0.3) is 0 Å². The third-order valence-corrected chi connectivity index (χ3v) is 4.08. The molecule has 1 atom stereocenters. The molecule has 5 heteroatoms. The van der Waals surface area contributed by atoms with Crippen molar-refractivity contribution in [2.75, 3.05) is 0 Å². The molecule has 0 spiro atoms. The van der Waals surface area contributed by atoms with Crippen LogP contribution in [0.2, 0.25) is 0 Å². The van der Waals surface area contributed by atoms with Crippen molar-refractivity contribution in [3.63, 3.8) is 0 Å². The molecule has 2 aromatic rings. The van der Waals surface area contributed by atoms with Crippen LogP contribution in [0.3, 0.4) is 0 Å². The van der Waals surface area contributed by atoms with Gasteiger partial charge in [0.15, 0.2) is 0 Å². The first-order chi connectivity index (χ1) is 9.95. The average molecular weight is 294 g/mol. The smallest absolute Gasteiger partial charge is 0.347 e. The van der Waals surface area contributed by atoms with Crippen LogP contribution in [0.25, 0.3) is 0 Å². The predicted molar refractivity (Wildman–Crippen MR) is 74.8 cm³/mol. The molecule has 3 rings (SSSR count). The third-order valence-electron chi connectivity index (χ3n) is 4.08. The van der Waals surface area contributed by atoms with Gasteiger partial charge < -0.3 is 10.3 Å². The molecule has 1 aromatic carbocycles.